The third-order valence-electron chi connectivity index (χ3n) is 4.96. The van der Waals surface area contributed by atoms with E-state index in [4.69, 9.17) is 23.9 Å². The topological polar surface area (TPSA) is 74.2 Å². The molecule has 0 amide bonds. The Kier molecular flexibility index (Phi) is 6.72. The second-order valence-corrected chi connectivity index (χ2v) is 7.38. The number of carbonyl (C=O) groups excluding carboxylic acids is 1. The molecule has 0 saturated carbocycles. The second-order valence-electron chi connectivity index (χ2n) is 7.38. The summed E-state index contributed by atoms with van der Waals surface area (Å²) in [6.45, 7) is 10.3. The van der Waals surface area contributed by atoms with Gasteiger partial charge in [0.05, 0.1) is 30.8 Å². The lowest BCUT2D eigenvalue weighted by atomic mass is 9.66. The average Bonchev–Trinajstić information content (AvgIpc) is 2.79. The number of ether oxygens (including phenoxy) is 2. The van der Waals surface area contributed by atoms with Gasteiger partial charge in [-0.2, -0.15) is 0 Å². The predicted octanol–water partition coefficient (Wildman–Crippen LogP) is 2.73. The summed E-state index contributed by atoms with van der Waals surface area (Å²) in [5.41, 5.74) is -0.0448. The average molecular weight is 364 g/mol. The van der Waals surface area contributed by atoms with Gasteiger partial charge in [-0.15, -0.1) is 0 Å². The lowest BCUT2D eigenvalue weighted by Crippen LogP contribution is -2.41. The van der Waals surface area contributed by atoms with Gasteiger partial charge in [0.25, 0.3) is 0 Å². The number of carbonyl (C=O) groups is 1. The van der Waals surface area contributed by atoms with Crippen molar-refractivity contribution < 1.29 is 28.7 Å². The summed E-state index contributed by atoms with van der Waals surface area (Å²) < 4.78 is 22.8. The number of aliphatic hydroxyl groups is 1. The maximum absolute atomic E-state index is 12.1. The van der Waals surface area contributed by atoms with Gasteiger partial charge in [0, 0.05) is 5.82 Å². The fraction of sp³-hybridized carbons (Fsp3) is 0.632. The first kappa shape index (κ1) is 20.7. The first-order valence-corrected chi connectivity index (χ1v) is 9.05. The monoisotopic (exact) mass is 364 g/mol. The number of esters is 1. The van der Waals surface area contributed by atoms with Crippen LogP contribution in [0.25, 0.3) is 0 Å². The van der Waals surface area contributed by atoms with Crippen LogP contribution in [-0.4, -0.2) is 49.2 Å². The van der Waals surface area contributed by atoms with E-state index in [0.717, 1.165) is 5.56 Å². The number of benzene rings is 1. The molecule has 1 N–H and O–H groups in total. The fourth-order valence-electron chi connectivity index (χ4n) is 2.80. The Morgan fingerprint density at radius 2 is 1.73 bits per heavy atom. The Morgan fingerprint density at radius 1 is 1.15 bits per heavy atom. The Balaban J connectivity index is 2.23. The van der Waals surface area contributed by atoms with Crippen molar-refractivity contribution in [3.63, 3.8) is 0 Å². The van der Waals surface area contributed by atoms with Crippen molar-refractivity contribution in [3.05, 3.63) is 29.8 Å². The molecular formula is C19H29BO6. The highest BCUT2D eigenvalue weighted by atomic mass is 16.7. The first-order chi connectivity index (χ1) is 12.2. The number of rotatable bonds is 8. The van der Waals surface area contributed by atoms with Gasteiger partial charge >= 0.3 is 13.1 Å². The van der Waals surface area contributed by atoms with Crippen molar-refractivity contribution in [2.45, 2.75) is 58.1 Å². The molecule has 1 aromatic carbocycles. The highest BCUT2D eigenvalue weighted by Crippen LogP contribution is 2.42. The summed E-state index contributed by atoms with van der Waals surface area (Å²) >= 11 is 0. The first-order valence-electron chi connectivity index (χ1n) is 9.05. The zero-order chi connectivity index (χ0) is 19.4. The van der Waals surface area contributed by atoms with Crippen LogP contribution in [0, 0.1) is 0 Å². The molecule has 1 unspecified atom stereocenters. The molecule has 1 saturated heterocycles. The van der Waals surface area contributed by atoms with E-state index in [1.54, 1.807) is 6.92 Å². The van der Waals surface area contributed by atoms with E-state index in [0.29, 0.717) is 12.4 Å². The van der Waals surface area contributed by atoms with Gasteiger partial charge in [-0.05, 0) is 52.3 Å². The molecule has 0 spiro atoms. The van der Waals surface area contributed by atoms with Crippen molar-refractivity contribution in [2.75, 3.05) is 19.8 Å². The van der Waals surface area contributed by atoms with Gasteiger partial charge in [-0.1, -0.05) is 12.1 Å². The van der Waals surface area contributed by atoms with Gasteiger partial charge in [0.2, 0.25) is 0 Å². The van der Waals surface area contributed by atoms with Gasteiger partial charge in [-0.3, -0.25) is 4.79 Å². The molecule has 1 fully saturated rings. The SMILES string of the molecule is CCOC(=O)CC(B1OC(C)(C)C(C)(C)O1)c1ccc(OCCO)cc1. The highest BCUT2D eigenvalue weighted by molar-refractivity contribution is 6.48. The molecule has 1 aliphatic rings. The summed E-state index contributed by atoms with van der Waals surface area (Å²) in [7, 11) is -0.548. The third-order valence-corrected chi connectivity index (χ3v) is 4.96. The van der Waals surface area contributed by atoms with Crippen LogP contribution in [0.5, 0.6) is 5.75 Å². The molecule has 1 atom stereocenters. The van der Waals surface area contributed by atoms with Crippen LogP contribution in [0.4, 0.5) is 0 Å². The molecule has 6 nitrogen and oxygen atoms in total. The minimum atomic E-state index is -0.548. The van der Waals surface area contributed by atoms with Crippen LogP contribution >= 0.6 is 0 Å². The molecule has 0 radical (unpaired) electrons. The van der Waals surface area contributed by atoms with Gasteiger partial charge in [-0.25, -0.2) is 0 Å². The van der Waals surface area contributed by atoms with E-state index < -0.39 is 18.3 Å². The molecule has 0 aromatic heterocycles. The van der Waals surface area contributed by atoms with Crippen LogP contribution in [0.3, 0.4) is 0 Å². The van der Waals surface area contributed by atoms with Crippen LogP contribution in [0.1, 0.15) is 52.4 Å². The molecule has 1 aliphatic heterocycles. The summed E-state index contributed by atoms with van der Waals surface area (Å²) in [5, 5.41) is 8.85. The zero-order valence-corrected chi connectivity index (χ0v) is 16.3. The Bertz CT molecular complexity index is 583. The van der Waals surface area contributed by atoms with Crippen LogP contribution in [0.15, 0.2) is 24.3 Å². The Labute approximate surface area is 155 Å². The van der Waals surface area contributed by atoms with Gasteiger partial charge < -0.3 is 23.9 Å². The maximum atomic E-state index is 12.1. The maximum Gasteiger partial charge on any atom is 0.466 e. The molecule has 144 valence electrons. The van der Waals surface area contributed by atoms with E-state index in [2.05, 4.69) is 0 Å². The lowest BCUT2D eigenvalue weighted by molar-refractivity contribution is -0.143. The Morgan fingerprint density at radius 3 is 2.23 bits per heavy atom. The normalized spacial score (nSPS) is 19.2. The summed E-state index contributed by atoms with van der Waals surface area (Å²) in [6, 6.07) is 7.41. The molecule has 26 heavy (non-hydrogen) atoms. The van der Waals surface area contributed by atoms with Crippen molar-refractivity contribution >= 4 is 13.1 Å². The third kappa shape index (κ3) is 4.78. The quantitative estimate of drug-likeness (QED) is 0.565. The molecule has 1 aromatic rings. The molecule has 0 bridgehead atoms. The minimum Gasteiger partial charge on any atom is -0.491 e. The molecular weight excluding hydrogens is 335 g/mol. The van der Waals surface area contributed by atoms with Gasteiger partial charge in [0.15, 0.2) is 0 Å². The standard InChI is InChI=1S/C19H29BO6/c1-6-23-17(22)13-16(20-25-18(2,3)19(4,5)26-20)14-7-9-15(10-8-14)24-12-11-21/h7-10,16,21H,6,11-13H2,1-5H3. The predicted molar refractivity (Wildman–Crippen MR) is 99.1 cm³/mol. The second kappa shape index (κ2) is 8.42. The van der Waals surface area contributed by atoms with Crippen molar-refractivity contribution in [3.8, 4) is 5.75 Å². The number of aliphatic hydroxyl groups excluding tert-OH is 1. The fourth-order valence-corrected chi connectivity index (χ4v) is 2.80. The van der Waals surface area contributed by atoms with Crippen LogP contribution in [0.2, 0.25) is 0 Å². The smallest absolute Gasteiger partial charge is 0.466 e. The minimum absolute atomic E-state index is 0.0405. The van der Waals surface area contributed by atoms with Crippen LogP contribution in [-0.2, 0) is 18.8 Å². The molecule has 0 aliphatic carbocycles. The largest absolute Gasteiger partial charge is 0.491 e. The summed E-state index contributed by atoms with van der Waals surface area (Å²) in [5.74, 6) is 0.0846. The van der Waals surface area contributed by atoms with Crippen molar-refractivity contribution in [1.82, 2.24) is 0 Å². The van der Waals surface area contributed by atoms with E-state index in [1.807, 2.05) is 52.0 Å². The van der Waals surface area contributed by atoms with E-state index in [1.165, 1.54) is 0 Å². The highest BCUT2D eigenvalue weighted by Gasteiger charge is 2.54. The molecule has 1 heterocycles. The number of hydrogen-bond acceptors (Lipinski definition) is 6. The van der Waals surface area contributed by atoms with E-state index >= 15 is 0 Å². The van der Waals surface area contributed by atoms with E-state index in [-0.39, 0.29) is 31.4 Å². The molecule has 2 rings (SSSR count). The molecule has 7 heteroatoms. The zero-order valence-electron chi connectivity index (χ0n) is 16.3. The van der Waals surface area contributed by atoms with Gasteiger partial charge in [0.1, 0.15) is 12.4 Å². The summed E-state index contributed by atoms with van der Waals surface area (Å²) in [4.78, 5) is 12.1. The summed E-state index contributed by atoms with van der Waals surface area (Å²) in [6.07, 6.45) is 0.168. The number of hydrogen-bond donors (Lipinski definition) is 1. The van der Waals surface area contributed by atoms with Crippen molar-refractivity contribution in [2.24, 2.45) is 0 Å². The lowest BCUT2D eigenvalue weighted by Gasteiger charge is -2.32. The Hall–Kier alpha value is -1.57. The van der Waals surface area contributed by atoms with Crippen LogP contribution < -0.4 is 4.74 Å². The van der Waals surface area contributed by atoms with Crippen molar-refractivity contribution in [1.29, 1.82) is 0 Å². The van der Waals surface area contributed by atoms with E-state index in [9.17, 15) is 4.79 Å².